The first-order valence-electron chi connectivity index (χ1n) is 4.78. The lowest BCUT2D eigenvalue weighted by Gasteiger charge is -2.10. The molecule has 0 bridgehead atoms. The Kier molecular flexibility index (Phi) is 2.31. The minimum atomic E-state index is -0.730. The molecule has 1 aromatic rings. The minimum absolute atomic E-state index is 0.0791. The molecule has 1 fully saturated rings. The summed E-state index contributed by atoms with van der Waals surface area (Å²) in [5, 5.41) is 0. The molecule has 0 heterocycles. The second-order valence-corrected chi connectivity index (χ2v) is 3.97. The van der Waals surface area contributed by atoms with Gasteiger partial charge in [0.05, 0.1) is 0 Å². The van der Waals surface area contributed by atoms with Gasteiger partial charge in [-0.15, -0.1) is 0 Å². The summed E-state index contributed by atoms with van der Waals surface area (Å²) in [4.78, 5) is 11.9. The van der Waals surface area contributed by atoms with Gasteiger partial charge in [0.15, 0.2) is 5.78 Å². The van der Waals surface area contributed by atoms with Crippen molar-refractivity contribution in [1.82, 2.24) is 0 Å². The Balaban J connectivity index is 2.34. The van der Waals surface area contributed by atoms with E-state index in [0.717, 1.165) is 18.2 Å². The molecule has 0 radical (unpaired) electrons. The standard InChI is InChI=1S/C11H11F2NO/c12-8-3-7(4-9(13)5-8)10(15)11(6-14)1-2-11/h3-5H,1-2,6,14H2. The largest absolute Gasteiger partial charge is 0.329 e. The molecule has 15 heavy (non-hydrogen) atoms. The predicted molar refractivity (Wildman–Crippen MR) is 51.4 cm³/mol. The van der Waals surface area contributed by atoms with E-state index in [1.54, 1.807) is 0 Å². The van der Waals surface area contributed by atoms with Gasteiger partial charge in [-0.25, -0.2) is 8.78 Å². The molecule has 2 rings (SSSR count). The van der Waals surface area contributed by atoms with Gasteiger partial charge < -0.3 is 5.73 Å². The van der Waals surface area contributed by atoms with Crippen LogP contribution in [0.25, 0.3) is 0 Å². The van der Waals surface area contributed by atoms with Crippen molar-refractivity contribution in [1.29, 1.82) is 0 Å². The number of Topliss-reactive ketones (excluding diaryl/α,β-unsaturated/α-hetero) is 1. The molecule has 0 unspecified atom stereocenters. The number of carbonyl (C=O) groups is 1. The second-order valence-electron chi connectivity index (χ2n) is 3.97. The molecule has 0 spiro atoms. The molecule has 1 aliphatic carbocycles. The van der Waals surface area contributed by atoms with Crippen molar-refractivity contribution < 1.29 is 13.6 Å². The highest BCUT2D eigenvalue weighted by Crippen LogP contribution is 2.47. The number of hydrogen-bond acceptors (Lipinski definition) is 2. The fourth-order valence-corrected chi connectivity index (χ4v) is 1.67. The summed E-state index contributed by atoms with van der Waals surface area (Å²) in [5.41, 5.74) is 5.00. The van der Waals surface area contributed by atoms with Gasteiger partial charge >= 0.3 is 0 Å². The molecule has 0 saturated heterocycles. The zero-order chi connectivity index (χ0) is 11.1. The average Bonchev–Trinajstić information content (AvgIpc) is 2.95. The summed E-state index contributed by atoms with van der Waals surface area (Å²) in [6.07, 6.45) is 1.42. The highest BCUT2D eigenvalue weighted by molar-refractivity contribution is 6.02. The van der Waals surface area contributed by atoms with E-state index in [-0.39, 0.29) is 17.9 Å². The molecule has 1 saturated carbocycles. The molecule has 0 aliphatic heterocycles. The Morgan fingerprint density at radius 3 is 2.20 bits per heavy atom. The van der Waals surface area contributed by atoms with Crippen LogP contribution in [-0.4, -0.2) is 12.3 Å². The molecular formula is C11H11F2NO. The third kappa shape index (κ3) is 1.77. The topological polar surface area (TPSA) is 43.1 Å². The summed E-state index contributed by atoms with van der Waals surface area (Å²) in [6.45, 7) is 0.240. The van der Waals surface area contributed by atoms with Gasteiger partial charge in [0.25, 0.3) is 0 Å². The Labute approximate surface area is 86.1 Å². The molecule has 2 nitrogen and oxygen atoms in total. The summed E-state index contributed by atoms with van der Waals surface area (Å²) in [5.74, 6) is -1.71. The lowest BCUT2D eigenvalue weighted by Crippen LogP contribution is -2.25. The summed E-state index contributed by atoms with van der Waals surface area (Å²) in [7, 11) is 0. The zero-order valence-corrected chi connectivity index (χ0v) is 8.09. The van der Waals surface area contributed by atoms with Crippen LogP contribution in [0.4, 0.5) is 8.78 Å². The smallest absolute Gasteiger partial charge is 0.170 e. The maximum Gasteiger partial charge on any atom is 0.170 e. The van der Waals surface area contributed by atoms with Crippen molar-refractivity contribution in [2.75, 3.05) is 6.54 Å². The highest BCUT2D eigenvalue weighted by Gasteiger charge is 2.48. The van der Waals surface area contributed by atoms with Crippen molar-refractivity contribution in [3.8, 4) is 0 Å². The monoisotopic (exact) mass is 211 g/mol. The average molecular weight is 211 g/mol. The predicted octanol–water partition coefficient (Wildman–Crippen LogP) is 1.89. The van der Waals surface area contributed by atoms with Crippen LogP contribution in [0.2, 0.25) is 0 Å². The number of rotatable bonds is 3. The first-order valence-corrected chi connectivity index (χ1v) is 4.78. The van der Waals surface area contributed by atoms with Crippen molar-refractivity contribution in [2.24, 2.45) is 11.1 Å². The third-order valence-electron chi connectivity index (χ3n) is 2.85. The fraction of sp³-hybridized carbons (Fsp3) is 0.364. The number of carbonyl (C=O) groups excluding carboxylic acids is 1. The molecule has 2 N–H and O–H groups in total. The van der Waals surface area contributed by atoms with Crippen molar-refractivity contribution in [2.45, 2.75) is 12.8 Å². The summed E-state index contributed by atoms with van der Waals surface area (Å²) < 4.78 is 25.8. The fourth-order valence-electron chi connectivity index (χ4n) is 1.67. The number of ketones is 1. The van der Waals surface area contributed by atoms with Gasteiger partial charge in [-0.05, 0) is 25.0 Å². The van der Waals surface area contributed by atoms with Gasteiger partial charge in [-0.1, -0.05) is 0 Å². The molecule has 0 atom stereocenters. The van der Waals surface area contributed by atoms with Gasteiger partial charge in [-0.2, -0.15) is 0 Å². The number of hydrogen-bond donors (Lipinski definition) is 1. The Morgan fingerprint density at radius 1 is 1.27 bits per heavy atom. The first-order chi connectivity index (χ1) is 7.07. The van der Waals surface area contributed by atoms with Gasteiger partial charge in [-0.3, -0.25) is 4.79 Å². The van der Waals surface area contributed by atoms with Crippen LogP contribution >= 0.6 is 0 Å². The summed E-state index contributed by atoms with van der Waals surface area (Å²) in [6, 6.07) is 2.86. The quantitative estimate of drug-likeness (QED) is 0.776. The van der Waals surface area contributed by atoms with Crippen molar-refractivity contribution in [3.05, 3.63) is 35.4 Å². The van der Waals surface area contributed by atoms with E-state index in [4.69, 9.17) is 5.73 Å². The normalized spacial score (nSPS) is 17.5. The van der Waals surface area contributed by atoms with Crippen LogP contribution < -0.4 is 5.73 Å². The van der Waals surface area contributed by atoms with E-state index in [9.17, 15) is 13.6 Å². The highest BCUT2D eigenvalue weighted by atomic mass is 19.1. The molecule has 4 heteroatoms. The molecule has 80 valence electrons. The Bertz CT molecular complexity index is 393. The lowest BCUT2D eigenvalue weighted by molar-refractivity contribution is 0.0904. The van der Waals surface area contributed by atoms with E-state index >= 15 is 0 Å². The van der Waals surface area contributed by atoms with E-state index < -0.39 is 17.0 Å². The van der Waals surface area contributed by atoms with E-state index in [1.807, 2.05) is 0 Å². The number of benzene rings is 1. The van der Waals surface area contributed by atoms with Crippen LogP contribution in [0.1, 0.15) is 23.2 Å². The van der Waals surface area contributed by atoms with E-state index in [1.165, 1.54) is 0 Å². The van der Waals surface area contributed by atoms with E-state index in [2.05, 4.69) is 0 Å². The van der Waals surface area contributed by atoms with Gasteiger partial charge in [0, 0.05) is 23.6 Å². The molecule has 1 aliphatic rings. The minimum Gasteiger partial charge on any atom is -0.329 e. The van der Waals surface area contributed by atoms with Crippen LogP contribution in [-0.2, 0) is 0 Å². The van der Waals surface area contributed by atoms with Gasteiger partial charge in [0.2, 0.25) is 0 Å². The second kappa shape index (κ2) is 3.38. The zero-order valence-electron chi connectivity index (χ0n) is 8.09. The van der Waals surface area contributed by atoms with Crippen LogP contribution in [0.3, 0.4) is 0 Å². The maximum atomic E-state index is 12.9. The molecule has 1 aromatic carbocycles. The molecular weight excluding hydrogens is 200 g/mol. The van der Waals surface area contributed by atoms with Crippen LogP contribution in [0, 0.1) is 17.0 Å². The van der Waals surface area contributed by atoms with Crippen LogP contribution in [0.15, 0.2) is 18.2 Å². The first kappa shape index (κ1) is 10.2. The third-order valence-corrected chi connectivity index (χ3v) is 2.85. The van der Waals surface area contributed by atoms with Crippen molar-refractivity contribution >= 4 is 5.78 Å². The Morgan fingerprint density at radius 2 is 1.80 bits per heavy atom. The SMILES string of the molecule is NCC1(C(=O)c2cc(F)cc(F)c2)CC1. The Hall–Kier alpha value is -1.29. The molecule has 0 aromatic heterocycles. The van der Waals surface area contributed by atoms with Crippen molar-refractivity contribution in [3.63, 3.8) is 0 Å². The number of nitrogens with two attached hydrogens (primary N) is 1. The summed E-state index contributed by atoms with van der Waals surface area (Å²) >= 11 is 0. The maximum absolute atomic E-state index is 12.9. The lowest BCUT2D eigenvalue weighted by atomic mass is 9.95. The van der Waals surface area contributed by atoms with Gasteiger partial charge in [0.1, 0.15) is 11.6 Å². The molecule has 0 amide bonds. The number of halogens is 2. The van der Waals surface area contributed by atoms with Crippen LogP contribution in [0.5, 0.6) is 0 Å². The van der Waals surface area contributed by atoms with E-state index in [0.29, 0.717) is 12.8 Å².